The monoisotopic (exact) mass is 328 g/mol. The lowest BCUT2D eigenvalue weighted by Crippen LogP contribution is -2.32. The Kier molecular flexibility index (Phi) is 4.99. The number of aromatic nitrogens is 2. The second kappa shape index (κ2) is 6.52. The third-order valence-electron chi connectivity index (χ3n) is 3.26. The number of nitrogens with one attached hydrogen (secondary N) is 2. The van der Waals surface area contributed by atoms with Crippen molar-refractivity contribution in [3.63, 3.8) is 0 Å². The van der Waals surface area contributed by atoms with Crippen molar-refractivity contribution in [1.82, 2.24) is 9.97 Å². The van der Waals surface area contributed by atoms with Crippen molar-refractivity contribution in [2.45, 2.75) is 38.7 Å². The normalized spacial score (nSPS) is 22.5. The van der Waals surface area contributed by atoms with Crippen LogP contribution in [0, 0.1) is 0 Å². The zero-order chi connectivity index (χ0) is 13.7. The Morgan fingerprint density at radius 3 is 2.74 bits per heavy atom. The highest BCUT2D eigenvalue weighted by molar-refractivity contribution is 9.10. The van der Waals surface area contributed by atoms with Crippen molar-refractivity contribution in [2.24, 2.45) is 0 Å². The average molecular weight is 329 g/mol. The Bertz CT molecular complexity index is 421. The number of ether oxygens (including phenoxy) is 1. The van der Waals surface area contributed by atoms with Crippen LogP contribution in [0.25, 0.3) is 0 Å². The van der Waals surface area contributed by atoms with E-state index in [4.69, 9.17) is 4.74 Å². The number of anilines is 2. The molecular formula is C13H21BrN4O. The van der Waals surface area contributed by atoms with Gasteiger partial charge >= 0.3 is 0 Å². The molecule has 0 amide bonds. The molecule has 2 N–H and O–H groups in total. The average Bonchev–Trinajstić information content (AvgIpc) is 2.84. The van der Waals surface area contributed by atoms with Gasteiger partial charge in [0, 0.05) is 19.7 Å². The molecule has 6 heteroatoms. The largest absolute Gasteiger partial charge is 0.373 e. The summed E-state index contributed by atoms with van der Waals surface area (Å²) in [4.78, 5) is 8.51. The molecule has 1 aromatic rings. The molecule has 2 rings (SSSR count). The fraction of sp³-hybridized carbons (Fsp3) is 0.692. The van der Waals surface area contributed by atoms with Crippen molar-refractivity contribution in [3.8, 4) is 0 Å². The molecule has 5 nitrogen and oxygen atoms in total. The topological polar surface area (TPSA) is 59.1 Å². The lowest BCUT2D eigenvalue weighted by Gasteiger charge is -2.24. The fourth-order valence-corrected chi connectivity index (χ4v) is 2.59. The Balaban J connectivity index is 1.99. The van der Waals surface area contributed by atoms with Crippen LogP contribution < -0.4 is 10.6 Å². The lowest BCUT2D eigenvalue weighted by molar-refractivity contribution is 0.0314. The summed E-state index contributed by atoms with van der Waals surface area (Å²) in [5.74, 6) is 1.64. The van der Waals surface area contributed by atoms with Crippen molar-refractivity contribution in [1.29, 1.82) is 0 Å². The summed E-state index contributed by atoms with van der Waals surface area (Å²) in [5.41, 5.74) is -0.0819. The van der Waals surface area contributed by atoms with Gasteiger partial charge in [-0.25, -0.2) is 9.97 Å². The summed E-state index contributed by atoms with van der Waals surface area (Å²) in [7, 11) is 0. The molecule has 1 atom stereocenters. The van der Waals surface area contributed by atoms with E-state index in [9.17, 15) is 0 Å². The molecule has 1 unspecified atom stereocenters. The third kappa shape index (κ3) is 3.79. The van der Waals surface area contributed by atoms with Gasteiger partial charge in [-0.05, 0) is 42.1 Å². The maximum Gasteiger partial charge on any atom is 0.146 e. The summed E-state index contributed by atoms with van der Waals surface area (Å²) in [6.45, 7) is 6.77. The van der Waals surface area contributed by atoms with Crippen molar-refractivity contribution in [3.05, 3.63) is 10.8 Å². The molecule has 19 heavy (non-hydrogen) atoms. The van der Waals surface area contributed by atoms with Crippen LogP contribution in [0.15, 0.2) is 10.8 Å². The van der Waals surface area contributed by atoms with Crippen LogP contribution in [0.5, 0.6) is 0 Å². The number of nitrogens with zero attached hydrogens (tertiary/aromatic N) is 2. The quantitative estimate of drug-likeness (QED) is 0.840. The highest BCUT2D eigenvalue weighted by atomic mass is 79.9. The summed E-state index contributed by atoms with van der Waals surface area (Å²) in [6, 6.07) is 0. The van der Waals surface area contributed by atoms with E-state index in [0.717, 1.165) is 55.1 Å². The Morgan fingerprint density at radius 2 is 2.11 bits per heavy atom. The first-order valence-electron chi connectivity index (χ1n) is 6.77. The van der Waals surface area contributed by atoms with Gasteiger partial charge in [-0.1, -0.05) is 6.92 Å². The molecule has 1 aliphatic heterocycles. The summed E-state index contributed by atoms with van der Waals surface area (Å²) in [5, 5.41) is 6.62. The van der Waals surface area contributed by atoms with E-state index in [1.54, 1.807) is 6.33 Å². The predicted octanol–water partition coefficient (Wildman–Crippen LogP) is 3.04. The highest BCUT2D eigenvalue weighted by Crippen LogP contribution is 2.29. The second-order valence-electron chi connectivity index (χ2n) is 5.07. The second-order valence-corrected chi connectivity index (χ2v) is 5.86. The van der Waals surface area contributed by atoms with Crippen LogP contribution in [0.3, 0.4) is 0 Å². The minimum Gasteiger partial charge on any atom is -0.373 e. The van der Waals surface area contributed by atoms with Gasteiger partial charge < -0.3 is 15.4 Å². The fourth-order valence-electron chi connectivity index (χ4n) is 2.11. The van der Waals surface area contributed by atoms with Gasteiger partial charge in [0.1, 0.15) is 22.4 Å². The van der Waals surface area contributed by atoms with E-state index in [1.165, 1.54) is 0 Å². The molecule has 0 spiro atoms. The molecule has 2 heterocycles. The predicted molar refractivity (Wildman–Crippen MR) is 80.6 cm³/mol. The molecule has 0 radical (unpaired) electrons. The first-order chi connectivity index (χ1) is 9.14. The maximum absolute atomic E-state index is 5.76. The van der Waals surface area contributed by atoms with Crippen LogP contribution in [-0.2, 0) is 4.74 Å². The van der Waals surface area contributed by atoms with E-state index in [2.05, 4.69) is 50.4 Å². The minimum atomic E-state index is -0.0819. The van der Waals surface area contributed by atoms with Gasteiger partial charge in [0.25, 0.3) is 0 Å². The molecule has 1 saturated heterocycles. The molecule has 106 valence electrons. The van der Waals surface area contributed by atoms with Gasteiger partial charge in [0.2, 0.25) is 0 Å². The number of hydrogen-bond acceptors (Lipinski definition) is 5. The van der Waals surface area contributed by atoms with E-state index >= 15 is 0 Å². The van der Waals surface area contributed by atoms with Crippen LogP contribution in [0.2, 0.25) is 0 Å². The van der Waals surface area contributed by atoms with E-state index < -0.39 is 0 Å². The van der Waals surface area contributed by atoms with Crippen LogP contribution in [0.4, 0.5) is 11.6 Å². The Hall–Kier alpha value is -0.880. The lowest BCUT2D eigenvalue weighted by atomic mass is 10.0. The molecule has 1 aromatic heterocycles. The van der Waals surface area contributed by atoms with Crippen molar-refractivity contribution >= 4 is 27.6 Å². The van der Waals surface area contributed by atoms with Gasteiger partial charge in [0.05, 0.1) is 5.60 Å². The van der Waals surface area contributed by atoms with Gasteiger partial charge in [0.15, 0.2) is 0 Å². The zero-order valence-corrected chi connectivity index (χ0v) is 13.1. The SMILES string of the molecule is CCCNc1ncnc(NCC2(C)CCCO2)c1Br. The van der Waals surface area contributed by atoms with Crippen LogP contribution in [-0.4, -0.2) is 35.3 Å². The van der Waals surface area contributed by atoms with E-state index in [1.807, 2.05) is 0 Å². The first kappa shape index (κ1) is 14.5. The number of hydrogen-bond donors (Lipinski definition) is 2. The minimum absolute atomic E-state index is 0.0819. The summed E-state index contributed by atoms with van der Waals surface area (Å²) < 4.78 is 6.64. The maximum atomic E-state index is 5.76. The third-order valence-corrected chi connectivity index (χ3v) is 4.01. The zero-order valence-electron chi connectivity index (χ0n) is 11.5. The van der Waals surface area contributed by atoms with E-state index in [-0.39, 0.29) is 5.60 Å². The smallest absolute Gasteiger partial charge is 0.146 e. The van der Waals surface area contributed by atoms with Crippen molar-refractivity contribution < 1.29 is 4.74 Å². The number of rotatable bonds is 6. The Labute approximate surface area is 122 Å². The van der Waals surface area contributed by atoms with Gasteiger partial charge in [-0.15, -0.1) is 0 Å². The number of halogens is 1. The Morgan fingerprint density at radius 1 is 1.37 bits per heavy atom. The molecule has 0 saturated carbocycles. The van der Waals surface area contributed by atoms with Gasteiger partial charge in [-0.3, -0.25) is 0 Å². The summed E-state index contributed by atoms with van der Waals surface area (Å²) >= 11 is 3.55. The standard InChI is InChI=1S/C13H21BrN4O/c1-3-6-15-11-10(14)12(18-9-17-11)16-8-13(2)5-4-7-19-13/h9H,3-8H2,1-2H3,(H2,15,16,17,18). The van der Waals surface area contributed by atoms with Gasteiger partial charge in [-0.2, -0.15) is 0 Å². The van der Waals surface area contributed by atoms with Crippen LogP contribution >= 0.6 is 15.9 Å². The molecule has 1 aliphatic rings. The molecule has 0 bridgehead atoms. The molecule has 0 aromatic carbocycles. The van der Waals surface area contributed by atoms with Crippen molar-refractivity contribution in [2.75, 3.05) is 30.3 Å². The highest BCUT2D eigenvalue weighted by Gasteiger charge is 2.29. The van der Waals surface area contributed by atoms with E-state index in [0.29, 0.717) is 0 Å². The molecule has 1 fully saturated rings. The van der Waals surface area contributed by atoms with Crippen LogP contribution in [0.1, 0.15) is 33.1 Å². The molecule has 0 aliphatic carbocycles. The summed E-state index contributed by atoms with van der Waals surface area (Å²) in [6.07, 6.45) is 4.85. The first-order valence-corrected chi connectivity index (χ1v) is 7.56. The molecular weight excluding hydrogens is 308 g/mol.